The fourth-order valence-electron chi connectivity index (χ4n) is 5.31. The van der Waals surface area contributed by atoms with E-state index in [1.54, 1.807) is 0 Å². The maximum absolute atomic E-state index is 8.53. The van der Waals surface area contributed by atoms with Crippen LogP contribution in [0.3, 0.4) is 0 Å². The average Bonchev–Trinajstić information content (AvgIpc) is 2.93. The van der Waals surface area contributed by atoms with Crippen molar-refractivity contribution in [3.63, 3.8) is 0 Å². The molecule has 0 saturated heterocycles. The van der Waals surface area contributed by atoms with Crippen molar-refractivity contribution in [2.24, 2.45) is 5.73 Å². The van der Waals surface area contributed by atoms with Crippen LogP contribution in [0.2, 0.25) is 0 Å². The number of nitrogens with two attached hydrogens (primary N) is 1. The second-order valence-corrected chi connectivity index (χ2v) is 11.0. The second kappa shape index (κ2) is 9.22. The van der Waals surface area contributed by atoms with Gasteiger partial charge in [0.25, 0.3) is 0 Å². The molecule has 0 fully saturated rings. The van der Waals surface area contributed by atoms with Gasteiger partial charge in [0.2, 0.25) is 5.90 Å². The molecule has 3 N–H and O–H groups in total. The molecule has 4 heteroatoms. The van der Waals surface area contributed by atoms with Crippen LogP contribution in [0.4, 0.5) is 0 Å². The third kappa shape index (κ3) is 4.12. The standard InChI is InChI=1S/C33H28N2OS/c1-33(2)26-14-8-9-15-28(26)37-29-19-17-23(20-27(29)33)25-18-16-21-10-6-7-13-24(21)30(25)32(35)36-31(34)22-11-4-3-5-12-22/h3-20,32,34H,35H2,1-2H3. The van der Waals surface area contributed by atoms with Crippen LogP contribution < -0.4 is 5.73 Å². The summed E-state index contributed by atoms with van der Waals surface area (Å²) < 4.78 is 6.05. The number of ether oxygens (including phenoxy) is 1. The Kier molecular flexibility index (Phi) is 5.86. The van der Waals surface area contributed by atoms with Crippen LogP contribution in [0.25, 0.3) is 21.9 Å². The predicted molar refractivity (Wildman–Crippen MR) is 153 cm³/mol. The molecular formula is C33H28N2OS. The van der Waals surface area contributed by atoms with Crippen molar-refractivity contribution in [1.82, 2.24) is 0 Å². The summed E-state index contributed by atoms with van der Waals surface area (Å²) in [7, 11) is 0. The summed E-state index contributed by atoms with van der Waals surface area (Å²) in [6.07, 6.45) is -0.798. The highest BCUT2D eigenvalue weighted by Crippen LogP contribution is 2.50. The predicted octanol–water partition coefficient (Wildman–Crippen LogP) is 8.30. The summed E-state index contributed by atoms with van der Waals surface area (Å²) in [4.78, 5) is 2.59. The lowest BCUT2D eigenvalue weighted by Gasteiger charge is -2.35. The number of benzene rings is 5. The van der Waals surface area contributed by atoms with Gasteiger partial charge in [0.15, 0.2) is 6.23 Å². The molecule has 5 aromatic rings. The van der Waals surface area contributed by atoms with Crippen LogP contribution in [-0.2, 0) is 10.2 Å². The fourth-order valence-corrected chi connectivity index (χ4v) is 6.68. The van der Waals surface area contributed by atoms with E-state index in [0.717, 1.165) is 27.5 Å². The Balaban J connectivity index is 1.47. The van der Waals surface area contributed by atoms with Gasteiger partial charge in [-0.15, -0.1) is 0 Å². The van der Waals surface area contributed by atoms with Crippen LogP contribution in [0.1, 0.15) is 42.3 Å². The lowest BCUT2D eigenvalue weighted by Crippen LogP contribution is -2.24. The molecule has 3 nitrogen and oxygen atoms in total. The molecule has 182 valence electrons. The van der Waals surface area contributed by atoms with Crippen LogP contribution in [-0.4, -0.2) is 5.90 Å². The maximum atomic E-state index is 8.53. The van der Waals surface area contributed by atoms with Crippen molar-refractivity contribution in [1.29, 1.82) is 5.41 Å². The van der Waals surface area contributed by atoms with E-state index in [2.05, 4.69) is 80.6 Å². The quantitative estimate of drug-likeness (QED) is 0.148. The third-order valence-electron chi connectivity index (χ3n) is 7.28. The van der Waals surface area contributed by atoms with Crippen molar-refractivity contribution in [3.8, 4) is 11.1 Å². The van der Waals surface area contributed by atoms with Crippen LogP contribution in [0, 0.1) is 5.41 Å². The molecule has 0 radical (unpaired) electrons. The number of nitrogens with one attached hydrogen (secondary N) is 1. The fraction of sp³-hybridized carbons (Fsp3) is 0.121. The molecule has 1 aliphatic rings. The Hall–Kier alpha value is -3.86. The van der Waals surface area contributed by atoms with Crippen molar-refractivity contribution < 1.29 is 4.74 Å². The number of fused-ring (bicyclic) bond motifs is 3. The lowest BCUT2D eigenvalue weighted by atomic mass is 9.76. The highest BCUT2D eigenvalue weighted by atomic mass is 32.2. The Labute approximate surface area is 221 Å². The molecule has 0 spiro atoms. The molecule has 0 bridgehead atoms. The summed E-state index contributed by atoms with van der Waals surface area (Å²) in [6.45, 7) is 4.59. The van der Waals surface area contributed by atoms with Gasteiger partial charge >= 0.3 is 0 Å². The zero-order valence-corrected chi connectivity index (χ0v) is 21.7. The van der Waals surface area contributed by atoms with E-state index < -0.39 is 6.23 Å². The Morgan fingerprint density at radius 2 is 1.49 bits per heavy atom. The van der Waals surface area contributed by atoms with Crippen LogP contribution in [0.5, 0.6) is 0 Å². The first-order chi connectivity index (χ1) is 17.9. The van der Waals surface area contributed by atoms with Gasteiger partial charge in [0.05, 0.1) is 0 Å². The SMILES string of the molecule is CC1(C)c2ccccc2Sc2ccc(-c3ccc4ccccc4c3C(N)OC(=N)c3ccccc3)cc21. The van der Waals surface area contributed by atoms with E-state index in [-0.39, 0.29) is 11.3 Å². The maximum Gasteiger partial charge on any atom is 0.215 e. The van der Waals surface area contributed by atoms with E-state index in [9.17, 15) is 0 Å². The van der Waals surface area contributed by atoms with E-state index in [1.807, 2.05) is 54.2 Å². The smallest absolute Gasteiger partial charge is 0.215 e. The topological polar surface area (TPSA) is 59.1 Å². The zero-order chi connectivity index (χ0) is 25.6. The minimum Gasteiger partial charge on any atom is -0.454 e. The van der Waals surface area contributed by atoms with Crippen molar-refractivity contribution >= 4 is 28.4 Å². The van der Waals surface area contributed by atoms with Crippen molar-refractivity contribution in [3.05, 3.63) is 131 Å². The lowest BCUT2D eigenvalue weighted by molar-refractivity contribution is 0.201. The molecule has 1 unspecified atom stereocenters. The zero-order valence-electron chi connectivity index (χ0n) is 20.9. The van der Waals surface area contributed by atoms with Crippen molar-refractivity contribution in [2.75, 3.05) is 0 Å². The van der Waals surface area contributed by atoms with Gasteiger partial charge in [-0.2, -0.15) is 0 Å². The first-order valence-corrected chi connectivity index (χ1v) is 13.3. The Morgan fingerprint density at radius 1 is 0.784 bits per heavy atom. The van der Waals surface area contributed by atoms with Gasteiger partial charge in [-0.3, -0.25) is 11.1 Å². The monoisotopic (exact) mass is 500 g/mol. The van der Waals surface area contributed by atoms with Crippen molar-refractivity contribution in [2.45, 2.75) is 35.3 Å². The van der Waals surface area contributed by atoms with Gasteiger partial charge in [-0.25, -0.2) is 0 Å². The van der Waals surface area contributed by atoms with Gasteiger partial charge in [-0.05, 0) is 63.4 Å². The second-order valence-electron chi connectivity index (χ2n) is 9.92. The minimum atomic E-state index is -0.798. The van der Waals surface area contributed by atoms with E-state index in [4.69, 9.17) is 15.9 Å². The Bertz CT molecular complexity index is 1640. The van der Waals surface area contributed by atoms with E-state index >= 15 is 0 Å². The summed E-state index contributed by atoms with van der Waals surface area (Å²) in [5, 5.41) is 10.7. The summed E-state index contributed by atoms with van der Waals surface area (Å²) >= 11 is 1.83. The molecular weight excluding hydrogens is 472 g/mol. The number of hydrogen-bond donors (Lipinski definition) is 2. The van der Waals surface area contributed by atoms with Gasteiger partial charge in [0.1, 0.15) is 0 Å². The van der Waals surface area contributed by atoms with Crippen LogP contribution >= 0.6 is 11.8 Å². The van der Waals surface area contributed by atoms with Gasteiger partial charge < -0.3 is 4.74 Å². The number of rotatable bonds is 4. The molecule has 0 aliphatic carbocycles. The summed E-state index contributed by atoms with van der Waals surface area (Å²) in [5.41, 5.74) is 13.0. The van der Waals surface area contributed by atoms with E-state index in [0.29, 0.717) is 5.56 Å². The molecule has 1 aliphatic heterocycles. The first-order valence-electron chi connectivity index (χ1n) is 12.4. The minimum absolute atomic E-state index is 0.0616. The molecule has 5 aromatic carbocycles. The summed E-state index contributed by atoms with van der Waals surface area (Å²) in [6, 6.07) is 37.3. The van der Waals surface area contributed by atoms with Gasteiger partial charge in [-0.1, -0.05) is 104 Å². The average molecular weight is 501 g/mol. The third-order valence-corrected chi connectivity index (χ3v) is 8.43. The van der Waals surface area contributed by atoms with Gasteiger partial charge in [0, 0.05) is 26.3 Å². The normalized spacial score (nSPS) is 14.5. The molecule has 0 aromatic heterocycles. The van der Waals surface area contributed by atoms with Crippen LogP contribution in [0.15, 0.2) is 119 Å². The Morgan fingerprint density at radius 3 is 2.32 bits per heavy atom. The molecule has 1 atom stereocenters. The molecule has 37 heavy (non-hydrogen) atoms. The first kappa shape index (κ1) is 23.5. The molecule has 0 amide bonds. The van der Waals surface area contributed by atoms with E-state index in [1.165, 1.54) is 20.9 Å². The highest BCUT2D eigenvalue weighted by molar-refractivity contribution is 7.99. The molecule has 1 heterocycles. The summed E-state index contributed by atoms with van der Waals surface area (Å²) in [5.74, 6) is 0.0616. The highest BCUT2D eigenvalue weighted by Gasteiger charge is 2.33. The molecule has 0 saturated carbocycles. The largest absolute Gasteiger partial charge is 0.454 e. The molecule has 6 rings (SSSR count). The number of hydrogen-bond acceptors (Lipinski definition) is 4.